The number of anilines is 2. The van der Waals surface area contributed by atoms with Crippen LogP contribution in [0.4, 0.5) is 10.9 Å². The molecular weight excluding hydrogens is 304 g/mol. The fourth-order valence-electron chi connectivity index (χ4n) is 1.69. The van der Waals surface area contributed by atoms with Crippen molar-refractivity contribution >= 4 is 39.5 Å². The Labute approximate surface area is 132 Å². The quantitative estimate of drug-likeness (QED) is 0.763. The predicted molar refractivity (Wildman–Crippen MR) is 90.1 cm³/mol. The van der Waals surface area contributed by atoms with E-state index in [1.807, 2.05) is 19.1 Å². The van der Waals surface area contributed by atoms with Crippen LogP contribution in [0.15, 0.2) is 12.1 Å². The highest BCUT2D eigenvalue weighted by atomic mass is 32.1. The van der Waals surface area contributed by atoms with Gasteiger partial charge >= 0.3 is 0 Å². The van der Waals surface area contributed by atoms with Gasteiger partial charge < -0.3 is 16.4 Å². The molecule has 2 aromatic rings. The van der Waals surface area contributed by atoms with Crippen LogP contribution in [0.2, 0.25) is 0 Å². The largest absolute Gasteiger partial charge is 0.382 e. The van der Waals surface area contributed by atoms with E-state index in [9.17, 15) is 4.79 Å². The summed E-state index contributed by atoms with van der Waals surface area (Å²) in [5.41, 5.74) is 5.82. The van der Waals surface area contributed by atoms with Crippen LogP contribution >= 0.6 is 22.7 Å². The molecule has 0 saturated heterocycles. The molecule has 5 nitrogen and oxygen atoms in total. The second-order valence-corrected chi connectivity index (χ2v) is 7.57. The van der Waals surface area contributed by atoms with Crippen molar-refractivity contribution in [1.29, 1.82) is 0 Å². The number of carbonyl (C=O) groups excluding carboxylic acids is 1. The average molecular weight is 324 g/mol. The number of aromatic nitrogens is 1. The predicted octanol–water partition coefficient (Wildman–Crippen LogP) is 3.09. The molecule has 0 aliphatic carbocycles. The van der Waals surface area contributed by atoms with E-state index in [2.05, 4.69) is 29.5 Å². The molecule has 2 rings (SSSR count). The van der Waals surface area contributed by atoms with Gasteiger partial charge in [-0.25, -0.2) is 4.98 Å². The zero-order valence-electron chi connectivity index (χ0n) is 12.4. The standard InChI is InChI=1S/C14H20N4OS2/c1-8(2)6-17-14-18-12(15)11(21-14)13(19)16-7-10-5-4-9(3)20-10/h4-5,8H,6-7,15H2,1-3H3,(H,16,19)(H,17,18). The van der Waals surface area contributed by atoms with Crippen molar-refractivity contribution in [3.8, 4) is 0 Å². The van der Waals surface area contributed by atoms with E-state index in [4.69, 9.17) is 5.73 Å². The molecule has 2 heterocycles. The van der Waals surface area contributed by atoms with Crippen LogP contribution in [0.5, 0.6) is 0 Å². The molecule has 0 atom stereocenters. The molecule has 0 aliphatic heterocycles. The Balaban J connectivity index is 1.95. The fourth-order valence-corrected chi connectivity index (χ4v) is 3.33. The van der Waals surface area contributed by atoms with Crippen molar-refractivity contribution in [1.82, 2.24) is 10.3 Å². The maximum Gasteiger partial charge on any atom is 0.265 e. The van der Waals surface area contributed by atoms with E-state index in [0.29, 0.717) is 22.5 Å². The lowest BCUT2D eigenvalue weighted by Crippen LogP contribution is -2.22. The van der Waals surface area contributed by atoms with Gasteiger partial charge in [-0.1, -0.05) is 25.2 Å². The third-order valence-electron chi connectivity index (χ3n) is 2.74. The zero-order valence-corrected chi connectivity index (χ0v) is 14.0. The Kier molecular flexibility index (Phi) is 5.19. The summed E-state index contributed by atoms with van der Waals surface area (Å²) in [6, 6.07) is 4.06. The SMILES string of the molecule is Cc1ccc(CNC(=O)c2sc(NCC(C)C)nc2N)s1. The average Bonchev–Trinajstić information content (AvgIpc) is 3.00. The summed E-state index contributed by atoms with van der Waals surface area (Å²) in [6.45, 7) is 7.59. The molecule has 0 fully saturated rings. The zero-order chi connectivity index (χ0) is 15.4. The van der Waals surface area contributed by atoms with Gasteiger partial charge in [0.05, 0.1) is 6.54 Å². The van der Waals surface area contributed by atoms with E-state index in [0.717, 1.165) is 11.4 Å². The molecular formula is C14H20N4OS2. The molecule has 0 aliphatic rings. The first-order valence-corrected chi connectivity index (χ1v) is 8.42. The minimum atomic E-state index is -0.173. The number of nitrogens with zero attached hydrogens (tertiary/aromatic N) is 1. The van der Waals surface area contributed by atoms with Crippen LogP contribution in [0.1, 0.15) is 33.3 Å². The Hall–Kier alpha value is -1.60. The molecule has 4 N–H and O–H groups in total. The van der Waals surface area contributed by atoms with Gasteiger partial charge in [0.15, 0.2) is 5.13 Å². The van der Waals surface area contributed by atoms with Crippen molar-refractivity contribution in [2.75, 3.05) is 17.6 Å². The van der Waals surface area contributed by atoms with Gasteiger partial charge in [0, 0.05) is 16.3 Å². The Morgan fingerprint density at radius 3 is 2.76 bits per heavy atom. The molecule has 2 aromatic heterocycles. The summed E-state index contributed by atoms with van der Waals surface area (Å²) >= 11 is 2.97. The van der Waals surface area contributed by atoms with Gasteiger partial charge in [-0.15, -0.1) is 11.3 Å². The lowest BCUT2D eigenvalue weighted by molar-refractivity contribution is 0.0956. The molecule has 0 bridgehead atoms. The number of amides is 1. The van der Waals surface area contributed by atoms with E-state index < -0.39 is 0 Å². The number of thiophene rings is 1. The van der Waals surface area contributed by atoms with Crippen LogP contribution in [0, 0.1) is 12.8 Å². The van der Waals surface area contributed by atoms with Crippen LogP contribution in [-0.2, 0) is 6.54 Å². The third-order valence-corrected chi connectivity index (χ3v) is 4.77. The van der Waals surface area contributed by atoms with E-state index in [1.165, 1.54) is 16.2 Å². The third kappa shape index (κ3) is 4.44. The van der Waals surface area contributed by atoms with Crippen LogP contribution in [-0.4, -0.2) is 17.4 Å². The number of nitrogens with one attached hydrogen (secondary N) is 2. The summed E-state index contributed by atoms with van der Waals surface area (Å²) in [4.78, 5) is 19.2. The van der Waals surface area contributed by atoms with E-state index >= 15 is 0 Å². The van der Waals surface area contributed by atoms with Gasteiger partial charge in [-0.05, 0) is 25.0 Å². The minimum absolute atomic E-state index is 0.173. The van der Waals surface area contributed by atoms with Crippen molar-refractivity contribution in [3.05, 3.63) is 26.8 Å². The monoisotopic (exact) mass is 324 g/mol. The van der Waals surface area contributed by atoms with Gasteiger partial charge in [-0.2, -0.15) is 0 Å². The molecule has 7 heteroatoms. The van der Waals surface area contributed by atoms with Crippen molar-refractivity contribution in [3.63, 3.8) is 0 Å². The topological polar surface area (TPSA) is 80.0 Å². The lowest BCUT2D eigenvalue weighted by atomic mass is 10.2. The highest BCUT2D eigenvalue weighted by Gasteiger charge is 2.16. The summed E-state index contributed by atoms with van der Waals surface area (Å²) in [5.74, 6) is 0.620. The molecule has 1 amide bonds. The summed E-state index contributed by atoms with van der Waals surface area (Å²) in [6.07, 6.45) is 0. The van der Waals surface area contributed by atoms with Gasteiger partial charge in [0.1, 0.15) is 10.7 Å². The second kappa shape index (κ2) is 6.91. The van der Waals surface area contributed by atoms with Gasteiger partial charge in [0.25, 0.3) is 5.91 Å². The van der Waals surface area contributed by atoms with Crippen LogP contribution < -0.4 is 16.4 Å². The number of nitrogen functional groups attached to an aromatic ring is 1. The molecule has 21 heavy (non-hydrogen) atoms. The maximum atomic E-state index is 12.2. The summed E-state index contributed by atoms with van der Waals surface area (Å²) in [7, 11) is 0. The van der Waals surface area contributed by atoms with Gasteiger partial charge in [-0.3, -0.25) is 4.79 Å². The Morgan fingerprint density at radius 2 is 2.14 bits per heavy atom. The number of thiazole rings is 1. The highest BCUT2D eigenvalue weighted by molar-refractivity contribution is 7.18. The first-order valence-electron chi connectivity index (χ1n) is 6.79. The number of hydrogen-bond donors (Lipinski definition) is 3. The first-order chi connectivity index (χ1) is 9.95. The molecule has 0 spiro atoms. The molecule has 114 valence electrons. The smallest absolute Gasteiger partial charge is 0.265 e. The van der Waals surface area contributed by atoms with Crippen molar-refractivity contribution in [2.45, 2.75) is 27.3 Å². The second-order valence-electron chi connectivity index (χ2n) is 5.20. The molecule has 0 unspecified atom stereocenters. The minimum Gasteiger partial charge on any atom is -0.382 e. The number of aryl methyl sites for hydroxylation is 1. The normalized spacial score (nSPS) is 10.9. The van der Waals surface area contributed by atoms with E-state index in [1.54, 1.807) is 11.3 Å². The fraction of sp³-hybridized carbons (Fsp3) is 0.429. The molecule has 0 saturated carbocycles. The Morgan fingerprint density at radius 1 is 1.38 bits per heavy atom. The number of rotatable bonds is 6. The lowest BCUT2D eigenvalue weighted by Gasteiger charge is -2.04. The number of hydrogen-bond acceptors (Lipinski definition) is 6. The first kappa shape index (κ1) is 15.8. The van der Waals surface area contributed by atoms with Crippen LogP contribution in [0.25, 0.3) is 0 Å². The molecule has 0 aromatic carbocycles. The van der Waals surface area contributed by atoms with E-state index in [-0.39, 0.29) is 11.7 Å². The summed E-state index contributed by atoms with van der Waals surface area (Å²) in [5, 5.41) is 6.76. The highest BCUT2D eigenvalue weighted by Crippen LogP contribution is 2.25. The maximum absolute atomic E-state index is 12.2. The molecule has 0 radical (unpaired) electrons. The van der Waals surface area contributed by atoms with Gasteiger partial charge in [0.2, 0.25) is 0 Å². The van der Waals surface area contributed by atoms with Crippen molar-refractivity contribution in [2.24, 2.45) is 5.92 Å². The Bertz CT molecular complexity index is 618. The number of carbonyl (C=O) groups is 1. The summed E-state index contributed by atoms with van der Waals surface area (Å²) < 4.78 is 0. The van der Waals surface area contributed by atoms with Crippen molar-refractivity contribution < 1.29 is 4.79 Å². The number of nitrogens with two attached hydrogens (primary N) is 1. The van der Waals surface area contributed by atoms with Crippen LogP contribution in [0.3, 0.4) is 0 Å².